The van der Waals surface area contributed by atoms with Crippen molar-refractivity contribution in [2.45, 2.75) is 39.8 Å². The molecule has 0 unspecified atom stereocenters. The molecule has 0 saturated heterocycles. The first kappa shape index (κ1) is 14.2. The molecule has 106 valence electrons. The van der Waals surface area contributed by atoms with Crippen LogP contribution in [0.15, 0.2) is 0 Å². The lowest BCUT2D eigenvalue weighted by Gasteiger charge is -2.27. The second kappa shape index (κ2) is 5.05. The second-order valence-electron chi connectivity index (χ2n) is 5.20. The van der Waals surface area contributed by atoms with Gasteiger partial charge in [-0.05, 0) is 20.8 Å². The molecule has 0 aromatic carbocycles. The average molecular weight is 284 g/mol. The quantitative estimate of drug-likeness (QED) is 0.893. The first-order valence-corrected chi connectivity index (χ1v) is 8.20. The molecule has 0 radical (unpaired) electrons. The van der Waals surface area contributed by atoms with E-state index in [0.717, 1.165) is 17.0 Å². The number of anilines is 1. The van der Waals surface area contributed by atoms with Gasteiger partial charge in [-0.1, -0.05) is 0 Å². The van der Waals surface area contributed by atoms with Crippen LogP contribution in [0.25, 0.3) is 0 Å². The summed E-state index contributed by atoms with van der Waals surface area (Å²) in [6.07, 6.45) is 1.88. The molecule has 1 aromatic rings. The summed E-state index contributed by atoms with van der Waals surface area (Å²) in [5, 5.41) is 3.18. The van der Waals surface area contributed by atoms with Gasteiger partial charge < -0.3 is 5.32 Å². The van der Waals surface area contributed by atoms with Gasteiger partial charge in [-0.15, -0.1) is 0 Å². The van der Waals surface area contributed by atoms with Crippen LogP contribution in [0.5, 0.6) is 0 Å². The van der Waals surface area contributed by atoms with E-state index >= 15 is 0 Å². The minimum absolute atomic E-state index is 0.272. The molecule has 0 fully saturated rings. The van der Waals surface area contributed by atoms with Gasteiger partial charge in [-0.25, -0.2) is 18.4 Å². The maximum Gasteiger partial charge on any atom is 0.223 e. The van der Waals surface area contributed by atoms with E-state index in [4.69, 9.17) is 0 Å². The maximum absolute atomic E-state index is 11.6. The van der Waals surface area contributed by atoms with E-state index in [-0.39, 0.29) is 6.04 Å². The van der Waals surface area contributed by atoms with Crippen molar-refractivity contribution in [3.8, 4) is 0 Å². The Morgan fingerprint density at radius 3 is 2.58 bits per heavy atom. The fraction of sp³-hybridized carbons (Fsp3) is 0.667. The van der Waals surface area contributed by atoms with Gasteiger partial charge in [0.2, 0.25) is 16.0 Å². The molecule has 0 atom stereocenters. The van der Waals surface area contributed by atoms with E-state index < -0.39 is 10.0 Å². The third-order valence-corrected chi connectivity index (χ3v) is 4.37. The van der Waals surface area contributed by atoms with Crippen LogP contribution in [-0.4, -0.2) is 41.5 Å². The third-order valence-electron chi connectivity index (χ3n) is 3.12. The van der Waals surface area contributed by atoms with Crippen LogP contribution in [-0.2, 0) is 23.0 Å². The highest BCUT2D eigenvalue weighted by molar-refractivity contribution is 7.88. The van der Waals surface area contributed by atoms with E-state index in [9.17, 15) is 8.42 Å². The second-order valence-corrected chi connectivity index (χ2v) is 7.19. The summed E-state index contributed by atoms with van der Waals surface area (Å²) in [5.41, 5.74) is 2.74. The first-order chi connectivity index (χ1) is 8.77. The molecule has 2 rings (SSSR count). The number of sulfonamides is 1. The lowest BCUT2D eigenvalue weighted by atomic mass is 10.1. The van der Waals surface area contributed by atoms with Crippen molar-refractivity contribution >= 4 is 16.0 Å². The van der Waals surface area contributed by atoms with E-state index in [1.54, 1.807) is 0 Å². The van der Waals surface area contributed by atoms with Gasteiger partial charge in [0.15, 0.2) is 0 Å². The monoisotopic (exact) mass is 284 g/mol. The van der Waals surface area contributed by atoms with Crippen molar-refractivity contribution in [3.05, 3.63) is 17.0 Å². The standard InChI is InChI=1S/C12H20N4O2S/c1-8(2)13-12-14-9(3)10-7-16(19(4,17)18)6-5-11(10)15-12/h8H,5-7H2,1-4H3,(H,13,14,15). The topological polar surface area (TPSA) is 75.2 Å². The number of hydrogen-bond donors (Lipinski definition) is 1. The molecular weight excluding hydrogens is 264 g/mol. The molecule has 6 nitrogen and oxygen atoms in total. The van der Waals surface area contributed by atoms with Gasteiger partial charge >= 0.3 is 0 Å². The van der Waals surface area contributed by atoms with E-state index in [1.807, 2.05) is 20.8 Å². The summed E-state index contributed by atoms with van der Waals surface area (Å²) >= 11 is 0. The first-order valence-electron chi connectivity index (χ1n) is 6.35. The summed E-state index contributed by atoms with van der Waals surface area (Å²) in [7, 11) is -3.15. The Morgan fingerprint density at radius 1 is 1.32 bits per heavy atom. The molecule has 2 heterocycles. The Bertz CT molecular complexity index is 584. The maximum atomic E-state index is 11.6. The van der Waals surface area contributed by atoms with Gasteiger partial charge in [0.05, 0.1) is 11.9 Å². The number of nitrogens with zero attached hydrogens (tertiary/aromatic N) is 3. The fourth-order valence-corrected chi connectivity index (χ4v) is 2.95. The van der Waals surface area contributed by atoms with Gasteiger partial charge in [-0.2, -0.15) is 4.31 Å². The molecule has 7 heteroatoms. The molecule has 0 aliphatic carbocycles. The third kappa shape index (κ3) is 3.22. The highest BCUT2D eigenvalue weighted by Crippen LogP contribution is 2.22. The zero-order chi connectivity index (χ0) is 14.2. The normalized spacial score (nSPS) is 16.5. The molecule has 19 heavy (non-hydrogen) atoms. The Morgan fingerprint density at radius 2 is 2.00 bits per heavy atom. The predicted octanol–water partition coefficient (Wildman–Crippen LogP) is 0.923. The van der Waals surface area contributed by atoms with Crippen molar-refractivity contribution in [2.75, 3.05) is 18.1 Å². The van der Waals surface area contributed by atoms with Crippen molar-refractivity contribution in [1.82, 2.24) is 14.3 Å². The Hall–Kier alpha value is -1.21. The molecule has 0 bridgehead atoms. The molecule has 0 amide bonds. The summed E-state index contributed by atoms with van der Waals surface area (Å²) in [6, 6.07) is 0.272. The van der Waals surface area contributed by atoms with Crippen LogP contribution < -0.4 is 5.32 Å². The smallest absolute Gasteiger partial charge is 0.223 e. The average Bonchev–Trinajstić information content (AvgIpc) is 2.26. The summed E-state index contributed by atoms with van der Waals surface area (Å²) in [6.45, 7) is 6.83. The molecule has 1 N–H and O–H groups in total. The van der Waals surface area contributed by atoms with Crippen LogP contribution in [0, 0.1) is 6.92 Å². The van der Waals surface area contributed by atoms with Gasteiger partial charge in [0, 0.05) is 36.8 Å². The largest absolute Gasteiger partial charge is 0.352 e. The minimum atomic E-state index is -3.15. The SMILES string of the molecule is Cc1nc(NC(C)C)nc2c1CN(S(C)(=O)=O)CC2. The number of rotatable bonds is 3. The van der Waals surface area contributed by atoms with Crippen LogP contribution in [0.4, 0.5) is 5.95 Å². The lowest BCUT2D eigenvalue weighted by Crippen LogP contribution is -2.36. The van der Waals surface area contributed by atoms with Crippen molar-refractivity contribution < 1.29 is 8.42 Å². The van der Waals surface area contributed by atoms with Crippen molar-refractivity contribution in [2.24, 2.45) is 0 Å². The Labute approximate surface area is 114 Å². The van der Waals surface area contributed by atoms with E-state index in [1.165, 1.54) is 10.6 Å². The highest BCUT2D eigenvalue weighted by atomic mass is 32.2. The van der Waals surface area contributed by atoms with Crippen molar-refractivity contribution in [3.63, 3.8) is 0 Å². The van der Waals surface area contributed by atoms with Crippen LogP contribution in [0.1, 0.15) is 30.8 Å². The van der Waals surface area contributed by atoms with Crippen LogP contribution >= 0.6 is 0 Å². The molecule has 1 aliphatic rings. The highest BCUT2D eigenvalue weighted by Gasteiger charge is 2.26. The minimum Gasteiger partial charge on any atom is -0.352 e. The number of aryl methyl sites for hydroxylation is 1. The molecule has 0 saturated carbocycles. The number of fused-ring (bicyclic) bond motifs is 1. The summed E-state index contributed by atoms with van der Waals surface area (Å²) < 4.78 is 24.7. The molecule has 1 aromatic heterocycles. The predicted molar refractivity (Wildman–Crippen MR) is 74.5 cm³/mol. The Kier molecular flexibility index (Phi) is 3.78. The lowest BCUT2D eigenvalue weighted by molar-refractivity contribution is 0.389. The van der Waals surface area contributed by atoms with E-state index in [2.05, 4.69) is 15.3 Å². The number of hydrogen-bond acceptors (Lipinski definition) is 5. The fourth-order valence-electron chi connectivity index (χ4n) is 2.16. The van der Waals surface area contributed by atoms with E-state index in [0.29, 0.717) is 25.5 Å². The summed E-state index contributed by atoms with van der Waals surface area (Å²) in [5.74, 6) is 0.624. The number of nitrogens with one attached hydrogen (secondary N) is 1. The van der Waals surface area contributed by atoms with Crippen LogP contribution in [0.3, 0.4) is 0 Å². The number of aromatic nitrogens is 2. The zero-order valence-electron chi connectivity index (χ0n) is 11.8. The molecule has 1 aliphatic heterocycles. The Balaban J connectivity index is 2.32. The van der Waals surface area contributed by atoms with Crippen molar-refractivity contribution in [1.29, 1.82) is 0 Å². The van der Waals surface area contributed by atoms with Crippen LogP contribution in [0.2, 0.25) is 0 Å². The van der Waals surface area contributed by atoms with Gasteiger partial charge in [0.25, 0.3) is 0 Å². The zero-order valence-corrected chi connectivity index (χ0v) is 12.6. The van der Waals surface area contributed by atoms with Gasteiger partial charge in [0.1, 0.15) is 0 Å². The molecule has 0 spiro atoms. The molecular formula is C12H20N4O2S. The summed E-state index contributed by atoms with van der Waals surface area (Å²) in [4.78, 5) is 8.89. The van der Waals surface area contributed by atoms with Gasteiger partial charge in [-0.3, -0.25) is 0 Å².